The number of hydrogen-bond donors (Lipinski definition) is 2. The van der Waals surface area contributed by atoms with Gasteiger partial charge in [0.1, 0.15) is 0 Å². The van der Waals surface area contributed by atoms with Crippen LogP contribution in [0.1, 0.15) is 19.3 Å². The Bertz CT molecular complexity index is 766. The fourth-order valence-corrected chi connectivity index (χ4v) is 4.86. The van der Waals surface area contributed by atoms with Gasteiger partial charge in [0, 0.05) is 11.6 Å². The summed E-state index contributed by atoms with van der Waals surface area (Å²) in [6.45, 7) is 0.521. The lowest BCUT2D eigenvalue weighted by Gasteiger charge is -2.20. The van der Waals surface area contributed by atoms with Crippen LogP contribution >= 0.6 is 12.4 Å². The molecule has 3 N–H and O–H groups in total. The second-order valence-electron chi connectivity index (χ2n) is 6.02. The summed E-state index contributed by atoms with van der Waals surface area (Å²) in [5.41, 5.74) is 7.39. The minimum atomic E-state index is -3.57. The maximum absolute atomic E-state index is 12.9. The van der Waals surface area contributed by atoms with Gasteiger partial charge in [-0.2, -0.15) is 0 Å². The standard InChI is InChI=1S/C18H22N2O2S.ClH/c19-13-15-9-6-11-17(15)20-23(21,22)18-12-5-4-10-16(18)14-7-2-1-3-8-14;/h1-5,7-8,10,12,15,17,20H,6,9,11,13,19H2;1H. The first-order chi connectivity index (χ1) is 11.1. The van der Waals surface area contributed by atoms with Crippen LogP contribution in [-0.4, -0.2) is 21.0 Å². The molecule has 2 aromatic carbocycles. The van der Waals surface area contributed by atoms with Crippen molar-refractivity contribution in [2.75, 3.05) is 6.54 Å². The maximum Gasteiger partial charge on any atom is 0.241 e. The molecule has 0 bridgehead atoms. The van der Waals surface area contributed by atoms with Crippen molar-refractivity contribution >= 4 is 22.4 Å². The van der Waals surface area contributed by atoms with Crippen LogP contribution in [-0.2, 0) is 10.0 Å². The average molecular weight is 367 g/mol. The highest BCUT2D eigenvalue weighted by atomic mass is 35.5. The predicted molar refractivity (Wildman–Crippen MR) is 99.6 cm³/mol. The highest BCUT2D eigenvalue weighted by Crippen LogP contribution is 2.30. The molecule has 3 rings (SSSR count). The van der Waals surface area contributed by atoms with Gasteiger partial charge < -0.3 is 5.73 Å². The SMILES string of the molecule is Cl.NCC1CCCC1NS(=O)(=O)c1ccccc1-c1ccccc1. The minimum absolute atomic E-state index is 0. The molecule has 0 spiro atoms. The first kappa shape index (κ1) is 18.9. The van der Waals surface area contributed by atoms with Gasteiger partial charge in [-0.3, -0.25) is 0 Å². The molecular weight excluding hydrogens is 344 g/mol. The molecule has 1 aliphatic rings. The number of halogens is 1. The molecule has 2 unspecified atom stereocenters. The van der Waals surface area contributed by atoms with Crippen LogP contribution in [0.4, 0.5) is 0 Å². The van der Waals surface area contributed by atoms with Crippen molar-refractivity contribution < 1.29 is 8.42 Å². The van der Waals surface area contributed by atoms with Gasteiger partial charge in [0.2, 0.25) is 10.0 Å². The van der Waals surface area contributed by atoms with Gasteiger partial charge in [0.25, 0.3) is 0 Å². The van der Waals surface area contributed by atoms with Crippen LogP contribution in [0.15, 0.2) is 59.5 Å². The molecule has 2 aromatic rings. The Labute approximate surface area is 149 Å². The van der Waals surface area contributed by atoms with Crippen LogP contribution in [0.2, 0.25) is 0 Å². The maximum atomic E-state index is 12.9. The van der Waals surface area contributed by atoms with Gasteiger partial charge in [-0.1, -0.05) is 55.0 Å². The second kappa shape index (κ2) is 8.12. The molecule has 4 nitrogen and oxygen atoms in total. The topological polar surface area (TPSA) is 72.2 Å². The van der Waals surface area contributed by atoms with Crippen LogP contribution in [0.25, 0.3) is 11.1 Å². The molecule has 0 aromatic heterocycles. The monoisotopic (exact) mass is 366 g/mol. The quantitative estimate of drug-likeness (QED) is 0.853. The Kier molecular flexibility index (Phi) is 6.40. The van der Waals surface area contributed by atoms with Gasteiger partial charge in [-0.15, -0.1) is 12.4 Å². The number of hydrogen-bond acceptors (Lipinski definition) is 3. The summed E-state index contributed by atoms with van der Waals surface area (Å²) in [5, 5.41) is 0. The van der Waals surface area contributed by atoms with Gasteiger partial charge in [-0.05, 0) is 36.9 Å². The van der Waals surface area contributed by atoms with E-state index in [0.717, 1.165) is 30.4 Å². The van der Waals surface area contributed by atoms with Crippen molar-refractivity contribution in [3.63, 3.8) is 0 Å². The predicted octanol–water partition coefficient (Wildman–Crippen LogP) is 3.18. The van der Waals surface area contributed by atoms with Crippen LogP contribution < -0.4 is 10.5 Å². The fourth-order valence-electron chi connectivity index (χ4n) is 3.29. The van der Waals surface area contributed by atoms with Crippen LogP contribution in [0.5, 0.6) is 0 Å². The van der Waals surface area contributed by atoms with Crippen LogP contribution in [0, 0.1) is 5.92 Å². The molecule has 0 saturated heterocycles. The normalized spacial score (nSPS) is 20.5. The van der Waals surface area contributed by atoms with Gasteiger partial charge in [-0.25, -0.2) is 13.1 Å². The Balaban J connectivity index is 0.00000208. The van der Waals surface area contributed by atoms with E-state index in [0.29, 0.717) is 11.4 Å². The third-order valence-electron chi connectivity index (χ3n) is 4.53. The third-order valence-corrected chi connectivity index (χ3v) is 6.08. The largest absolute Gasteiger partial charge is 0.330 e. The van der Waals surface area contributed by atoms with Gasteiger partial charge in [0.05, 0.1) is 4.90 Å². The molecule has 24 heavy (non-hydrogen) atoms. The van der Waals surface area contributed by atoms with E-state index in [9.17, 15) is 8.42 Å². The van der Waals surface area contributed by atoms with Crippen molar-refractivity contribution in [3.05, 3.63) is 54.6 Å². The molecule has 2 atom stereocenters. The highest BCUT2D eigenvalue weighted by molar-refractivity contribution is 7.89. The molecule has 6 heteroatoms. The molecule has 0 amide bonds. The highest BCUT2D eigenvalue weighted by Gasteiger charge is 2.31. The number of benzene rings is 2. The molecule has 0 aliphatic heterocycles. The Hall–Kier alpha value is -1.40. The molecule has 0 heterocycles. The molecular formula is C18H23ClN2O2S. The number of nitrogens with one attached hydrogen (secondary N) is 1. The summed E-state index contributed by atoms with van der Waals surface area (Å²) in [5.74, 6) is 0.230. The zero-order valence-corrected chi connectivity index (χ0v) is 15.0. The van der Waals surface area contributed by atoms with E-state index < -0.39 is 10.0 Å². The fraction of sp³-hybridized carbons (Fsp3) is 0.333. The summed E-state index contributed by atoms with van der Waals surface area (Å²) in [6.07, 6.45) is 2.87. The first-order valence-corrected chi connectivity index (χ1v) is 9.47. The van der Waals surface area contributed by atoms with Crippen molar-refractivity contribution in [3.8, 4) is 11.1 Å². The zero-order valence-electron chi connectivity index (χ0n) is 13.4. The summed E-state index contributed by atoms with van der Waals surface area (Å²) >= 11 is 0. The van der Waals surface area contributed by atoms with Crippen molar-refractivity contribution in [1.29, 1.82) is 0 Å². The minimum Gasteiger partial charge on any atom is -0.330 e. The van der Waals surface area contributed by atoms with E-state index in [-0.39, 0.29) is 24.4 Å². The first-order valence-electron chi connectivity index (χ1n) is 7.98. The number of rotatable bonds is 5. The van der Waals surface area contributed by atoms with Crippen LogP contribution in [0.3, 0.4) is 0 Å². The van der Waals surface area contributed by atoms with E-state index in [1.54, 1.807) is 12.1 Å². The van der Waals surface area contributed by atoms with E-state index >= 15 is 0 Å². The molecule has 1 aliphatic carbocycles. The molecule has 1 fully saturated rings. The van der Waals surface area contributed by atoms with Crippen molar-refractivity contribution in [2.24, 2.45) is 11.7 Å². The Morgan fingerprint density at radius 2 is 1.67 bits per heavy atom. The van der Waals surface area contributed by atoms with E-state index in [4.69, 9.17) is 5.73 Å². The molecule has 1 saturated carbocycles. The molecule has 0 radical (unpaired) electrons. The Morgan fingerprint density at radius 1 is 1.00 bits per heavy atom. The van der Waals surface area contributed by atoms with E-state index in [1.807, 2.05) is 42.5 Å². The van der Waals surface area contributed by atoms with Crippen molar-refractivity contribution in [1.82, 2.24) is 4.72 Å². The van der Waals surface area contributed by atoms with Crippen molar-refractivity contribution in [2.45, 2.75) is 30.2 Å². The Morgan fingerprint density at radius 3 is 2.38 bits per heavy atom. The summed E-state index contributed by atoms with van der Waals surface area (Å²) in [4.78, 5) is 0.328. The van der Waals surface area contributed by atoms with Gasteiger partial charge >= 0.3 is 0 Å². The van der Waals surface area contributed by atoms with E-state index in [2.05, 4.69) is 4.72 Å². The molecule has 130 valence electrons. The lowest BCUT2D eigenvalue weighted by atomic mass is 10.1. The lowest BCUT2D eigenvalue weighted by Crippen LogP contribution is -2.39. The zero-order chi connectivity index (χ0) is 16.3. The number of sulfonamides is 1. The lowest BCUT2D eigenvalue weighted by molar-refractivity contribution is 0.453. The summed E-state index contributed by atoms with van der Waals surface area (Å²) in [7, 11) is -3.57. The third kappa shape index (κ3) is 3.98. The summed E-state index contributed by atoms with van der Waals surface area (Å²) < 4.78 is 28.7. The summed E-state index contributed by atoms with van der Waals surface area (Å²) in [6, 6.07) is 16.7. The van der Waals surface area contributed by atoms with E-state index in [1.165, 1.54) is 0 Å². The van der Waals surface area contributed by atoms with Gasteiger partial charge in [0.15, 0.2) is 0 Å². The average Bonchev–Trinajstić information content (AvgIpc) is 3.02. The second-order valence-corrected chi connectivity index (χ2v) is 7.70. The smallest absolute Gasteiger partial charge is 0.241 e. The number of nitrogens with two attached hydrogens (primary N) is 1.